The van der Waals surface area contributed by atoms with Crippen molar-refractivity contribution in [2.45, 2.75) is 52.5 Å². The first-order valence-corrected chi connectivity index (χ1v) is 6.19. The molecule has 1 aromatic carbocycles. The van der Waals surface area contributed by atoms with E-state index >= 15 is 0 Å². The zero-order valence-electron chi connectivity index (χ0n) is 10.6. The summed E-state index contributed by atoms with van der Waals surface area (Å²) in [6, 6.07) is 6.16. The Kier molecular flexibility index (Phi) is 5.17. The van der Waals surface area contributed by atoms with Gasteiger partial charge in [0, 0.05) is 11.7 Å². The highest BCUT2D eigenvalue weighted by Gasteiger charge is 2.03. The van der Waals surface area contributed by atoms with Crippen LogP contribution in [0, 0.1) is 6.92 Å². The van der Waals surface area contributed by atoms with E-state index in [0.29, 0.717) is 11.8 Å². The molecule has 0 amide bonds. The third kappa shape index (κ3) is 4.13. The summed E-state index contributed by atoms with van der Waals surface area (Å²) < 4.78 is 0. The van der Waals surface area contributed by atoms with Crippen LogP contribution < -0.4 is 5.32 Å². The molecule has 1 unspecified atom stereocenters. The van der Waals surface area contributed by atoms with Crippen molar-refractivity contribution in [2.24, 2.45) is 0 Å². The number of hydrogen-bond acceptors (Lipinski definition) is 2. The van der Waals surface area contributed by atoms with Crippen molar-refractivity contribution >= 4 is 5.69 Å². The minimum atomic E-state index is 0.365. The Labute approximate surface area is 98.7 Å². The third-order valence-corrected chi connectivity index (χ3v) is 2.85. The average Bonchev–Trinajstić information content (AvgIpc) is 2.24. The van der Waals surface area contributed by atoms with Gasteiger partial charge in [-0.05, 0) is 44.0 Å². The van der Waals surface area contributed by atoms with Crippen molar-refractivity contribution in [3.8, 4) is 5.75 Å². The molecule has 0 heterocycles. The van der Waals surface area contributed by atoms with Gasteiger partial charge in [-0.1, -0.05) is 26.2 Å². The van der Waals surface area contributed by atoms with Crippen molar-refractivity contribution in [3.05, 3.63) is 23.8 Å². The molecule has 1 atom stereocenters. The Morgan fingerprint density at radius 2 is 2.06 bits per heavy atom. The van der Waals surface area contributed by atoms with E-state index in [2.05, 4.69) is 19.2 Å². The van der Waals surface area contributed by atoms with Crippen LogP contribution in [0.25, 0.3) is 0 Å². The molecule has 0 aliphatic rings. The van der Waals surface area contributed by atoms with E-state index in [-0.39, 0.29) is 0 Å². The number of phenols is 1. The van der Waals surface area contributed by atoms with Gasteiger partial charge in [0.2, 0.25) is 0 Å². The predicted molar refractivity (Wildman–Crippen MR) is 70.1 cm³/mol. The zero-order valence-corrected chi connectivity index (χ0v) is 10.6. The second-order valence-corrected chi connectivity index (χ2v) is 4.54. The number of aryl methyl sites for hydroxylation is 1. The average molecular weight is 221 g/mol. The minimum absolute atomic E-state index is 0.365. The number of phenolic OH excluding ortho intramolecular Hbond substituents is 1. The van der Waals surface area contributed by atoms with E-state index in [9.17, 15) is 5.11 Å². The first kappa shape index (κ1) is 12.9. The highest BCUT2D eigenvalue weighted by Crippen LogP contribution is 2.21. The van der Waals surface area contributed by atoms with Crippen LogP contribution in [0.15, 0.2) is 18.2 Å². The fourth-order valence-corrected chi connectivity index (χ4v) is 1.80. The smallest absolute Gasteiger partial charge is 0.118 e. The molecule has 90 valence electrons. The van der Waals surface area contributed by atoms with E-state index in [4.69, 9.17) is 0 Å². The first-order chi connectivity index (χ1) is 7.63. The van der Waals surface area contributed by atoms with Gasteiger partial charge >= 0.3 is 0 Å². The molecule has 16 heavy (non-hydrogen) atoms. The van der Waals surface area contributed by atoms with Crippen LogP contribution in [0.3, 0.4) is 0 Å². The van der Waals surface area contributed by atoms with Gasteiger partial charge in [0.1, 0.15) is 5.75 Å². The predicted octanol–water partition coefficient (Wildman–Crippen LogP) is 4.08. The molecule has 0 aromatic heterocycles. The number of aromatic hydroxyl groups is 1. The lowest BCUT2D eigenvalue weighted by atomic mass is 10.1. The summed E-state index contributed by atoms with van der Waals surface area (Å²) in [5, 5.41) is 12.9. The summed E-state index contributed by atoms with van der Waals surface area (Å²) >= 11 is 0. The number of benzene rings is 1. The van der Waals surface area contributed by atoms with Crippen LogP contribution in [0.1, 0.15) is 45.1 Å². The Hall–Kier alpha value is -1.18. The van der Waals surface area contributed by atoms with Crippen molar-refractivity contribution < 1.29 is 5.11 Å². The Balaban J connectivity index is 2.43. The molecular formula is C14H23NO. The monoisotopic (exact) mass is 221 g/mol. The second-order valence-electron chi connectivity index (χ2n) is 4.54. The van der Waals surface area contributed by atoms with Gasteiger partial charge in [-0.25, -0.2) is 0 Å². The van der Waals surface area contributed by atoms with Crippen LogP contribution in [-0.4, -0.2) is 11.1 Å². The maximum atomic E-state index is 9.42. The SMILES string of the molecule is CCCCCC(C)Nc1ccc(O)c(C)c1. The molecule has 2 heteroatoms. The number of hydrogen-bond donors (Lipinski definition) is 2. The Morgan fingerprint density at radius 3 is 2.69 bits per heavy atom. The van der Waals surface area contributed by atoms with Crippen LogP contribution in [0.4, 0.5) is 5.69 Å². The van der Waals surface area contributed by atoms with E-state index < -0.39 is 0 Å². The van der Waals surface area contributed by atoms with Gasteiger partial charge in [-0.15, -0.1) is 0 Å². The lowest BCUT2D eigenvalue weighted by Gasteiger charge is -2.15. The van der Waals surface area contributed by atoms with Gasteiger partial charge in [-0.2, -0.15) is 0 Å². The van der Waals surface area contributed by atoms with Crippen LogP contribution in [0.5, 0.6) is 5.75 Å². The fraction of sp³-hybridized carbons (Fsp3) is 0.571. The van der Waals surface area contributed by atoms with Crippen molar-refractivity contribution in [1.29, 1.82) is 0 Å². The largest absolute Gasteiger partial charge is 0.508 e. The van der Waals surface area contributed by atoms with E-state index in [0.717, 1.165) is 11.3 Å². The topological polar surface area (TPSA) is 32.3 Å². The fourth-order valence-electron chi connectivity index (χ4n) is 1.80. The molecule has 0 fully saturated rings. The Morgan fingerprint density at radius 1 is 1.31 bits per heavy atom. The van der Waals surface area contributed by atoms with E-state index in [1.54, 1.807) is 6.07 Å². The quantitative estimate of drug-likeness (QED) is 0.560. The Bertz CT molecular complexity index is 323. The maximum absolute atomic E-state index is 9.42. The lowest BCUT2D eigenvalue weighted by Crippen LogP contribution is -2.14. The van der Waals surface area contributed by atoms with Crippen molar-refractivity contribution in [2.75, 3.05) is 5.32 Å². The maximum Gasteiger partial charge on any atom is 0.118 e. The summed E-state index contributed by atoms with van der Waals surface area (Å²) in [5.41, 5.74) is 2.02. The molecule has 0 spiro atoms. The number of rotatable bonds is 6. The summed E-state index contributed by atoms with van der Waals surface area (Å²) in [6.07, 6.45) is 5.06. The molecule has 0 saturated heterocycles. The van der Waals surface area contributed by atoms with Crippen LogP contribution in [0.2, 0.25) is 0 Å². The summed E-state index contributed by atoms with van der Waals surface area (Å²) in [5.74, 6) is 0.365. The molecule has 0 aliphatic heterocycles. The second kappa shape index (κ2) is 6.41. The highest BCUT2D eigenvalue weighted by molar-refractivity contribution is 5.50. The number of nitrogens with one attached hydrogen (secondary N) is 1. The highest BCUT2D eigenvalue weighted by atomic mass is 16.3. The van der Waals surface area contributed by atoms with Gasteiger partial charge in [-0.3, -0.25) is 0 Å². The standard InChI is InChI=1S/C14H23NO/c1-4-5-6-7-12(3)15-13-8-9-14(16)11(2)10-13/h8-10,12,15-16H,4-7H2,1-3H3. The van der Waals surface area contributed by atoms with Crippen LogP contribution in [-0.2, 0) is 0 Å². The molecule has 1 aromatic rings. The molecular weight excluding hydrogens is 198 g/mol. The summed E-state index contributed by atoms with van der Waals surface area (Å²) in [4.78, 5) is 0. The zero-order chi connectivity index (χ0) is 12.0. The number of unbranched alkanes of at least 4 members (excludes halogenated alkanes) is 2. The minimum Gasteiger partial charge on any atom is -0.508 e. The number of anilines is 1. The normalized spacial score (nSPS) is 12.4. The summed E-state index contributed by atoms with van der Waals surface area (Å²) in [6.45, 7) is 6.35. The van der Waals surface area contributed by atoms with E-state index in [1.807, 2.05) is 19.1 Å². The molecule has 0 saturated carbocycles. The molecule has 2 nitrogen and oxygen atoms in total. The van der Waals surface area contributed by atoms with Gasteiger partial charge < -0.3 is 10.4 Å². The van der Waals surface area contributed by atoms with Gasteiger partial charge in [0.25, 0.3) is 0 Å². The molecule has 0 aliphatic carbocycles. The van der Waals surface area contributed by atoms with Crippen LogP contribution >= 0.6 is 0 Å². The molecule has 2 N–H and O–H groups in total. The van der Waals surface area contributed by atoms with Gasteiger partial charge in [0.15, 0.2) is 0 Å². The molecule has 0 bridgehead atoms. The third-order valence-electron chi connectivity index (χ3n) is 2.85. The molecule has 0 radical (unpaired) electrons. The molecule has 1 rings (SSSR count). The van der Waals surface area contributed by atoms with Crippen molar-refractivity contribution in [3.63, 3.8) is 0 Å². The van der Waals surface area contributed by atoms with Gasteiger partial charge in [0.05, 0.1) is 0 Å². The lowest BCUT2D eigenvalue weighted by molar-refractivity contribution is 0.471. The van der Waals surface area contributed by atoms with E-state index in [1.165, 1.54) is 25.7 Å². The first-order valence-electron chi connectivity index (χ1n) is 6.19. The van der Waals surface area contributed by atoms with Crippen molar-refractivity contribution in [1.82, 2.24) is 0 Å². The summed E-state index contributed by atoms with van der Waals surface area (Å²) in [7, 11) is 0.